The SMILES string of the molecule is CC1(C)c2ccccc2-c2ccc(-n3c4ccccc4c4cc5c6ccccc6n(-c6ccc(-c7cccc(-c8ccccc8)c7)cc6)c5cc43)cc21. The molecule has 1 aliphatic rings. The predicted octanol–water partition coefficient (Wildman–Crippen LogP) is 13.5. The van der Waals surface area contributed by atoms with Crippen LogP contribution in [0, 0.1) is 0 Å². The van der Waals surface area contributed by atoms with Crippen molar-refractivity contribution in [2.75, 3.05) is 0 Å². The van der Waals surface area contributed by atoms with E-state index in [0.717, 1.165) is 5.69 Å². The van der Waals surface area contributed by atoms with Crippen molar-refractivity contribution >= 4 is 43.6 Å². The predicted molar refractivity (Wildman–Crippen MR) is 224 cm³/mol. The highest BCUT2D eigenvalue weighted by Crippen LogP contribution is 2.49. The minimum atomic E-state index is -0.0740. The van der Waals surface area contributed by atoms with E-state index in [0.29, 0.717) is 0 Å². The first-order chi connectivity index (χ1) is 26.0. The molecule has 0 N–H and O–H groups in total. The van der Waals surface area contributed by atoms with E-state index >= 15 is 0 Å². The van der Waals surface area contributed by atoms with Crippen LogP contribution in [0.25, 0.3) is 88.4 Å². The van der Waals surface area contributed by atoms with Crippen LogP contribution in [0.1, 0.15) is 25.0 Å². The van der Waals surface area contributed by atoms with Gasteiger partial charge in [0, 0.05) is 38.3 Å². The number of hydrogen-bond donors (Lipinski definition) is 0. The lowest BCUT2D eigenvalue weighted by atomic mass is 9.82. The summed E-state index contributed by atoms with van der Waals surface area (Å²) in [6, 6.07) is 67.1. The lowest BCUT2D eigenvalue weighted by molar-refractivity contribution is 0.660. The zero-order chi connectivity index (χ0) is 35.3. The summed E-state index contributed by atoms with van der Waals surface area (Å²) < 4.78 is 4.92. The Hall–Kier alpha value is -6.64. The van der Waals surface area contributed by atoms with E-state index in [9.17, 15) is 0 Å². The Bertz CT molecular complexity index is 3060. The van der Waals surface area contributed by atoms with Gasteiger partial charge in [0.05, 0.1) is 22.1 Å². The third-order valence-electron chi connectivity index (χ3n) is 11.7. The molecule has 0 unspecified atom stereocenters. The van der Waals surface area contributed by atoms with Crippen LogP contribution in [0.2, 0.25) is 0 Å². The zero-order valence-corrected chi connectivity index (χ0v) is 29.7. The number of rotatable bonds is 4. The van der Waals surface area contributed by atoms with Crippen molar-refractivity contribution in [3.8, 4) is 44.8 Å². The minimum Gasteiger partial charge on any atom is -0.309 e. The van der Waals surface area contributed by atoms with Gasteiger partial charge in [0.1, 0.15) is 0 Å². The molecule has 10 aromatic rings. The Morgan fingerprint density at radius 2 is 0.849 bits per heavy atom. The van der Waals surface area contributed by atoms with Gasteiger partial charge in [-0.05, 0) is 99.1 Å². The Morgan fingerprint density at radius 3 is 1.55 bits per heavy atom. The Labute approximate surface area is 308 Å². The molecule has 0 aliphatic heterocycles. The van der Waals surface area contributed by atoms with Crippen molar-refractivity contribution in [3.63, 3.8) is 0 Å². The maximum atomic E-state index is 2.48. The molecule has 11 rings (SSSR count). The topological polar surface area (TPSA) is 9.86 Å². The molecule has 1 aliphatic carbocycles. The van der Waals surface area contributed by atoms with Crippen molar-refractivity contribution in [3.05, 3.63) is 193 Å². The van der Waals surface area contributed by atoms with E-state index in [1.807, 2.05) is 0 Å². The fourth-order valence-corrected chi connectivity index (χ4v) is 9.13. The molecule has 0 saturated carbocycles. The summed E-state index contributed by atoms with van der Waals surface area (Å²) in [6.07, 6.45) is 0. The molecule has 8 aromatic carbocycles. The van der Waals surface area contributed by atoms with E-state index < -0.39 is 0 Å². The first-order valence-corrected chi connectivity index (χ1v) is 18.5. The summed E-state index contributed by atoms with van der Waals surface area (Å²) in [5.74, 6) is 0. The van der Waals surface area contributed by atoms with E-state index in [2.05, 4.69) is 205 Å². The summed E-state index contributed by atoms with van der Waals surface area (Å²) in [4.78, 5) is 0. The molecular weight excluding hydrogens is 641 g/mol. The molecule has 0 atom stereocenters. The maximum Gasteiger partial charge on any atom is 0.0562 e. The van der Waals surface area contributed by atoms with Crippen LogP contribution in [0.3, 0.4) is 0 Å². The van der Waals surface area contributed by atoms with Gasteiger partial charge in [0.25, 0.3) is 0 Å². The Morgan fingerprint density at radius 1 is 0.321 bits per heavy atom. The summed E-state index contributed by atoms with van der Waals surface area (Å²) in [5, 5.41) is 5.07. The van der Waals surface area contributed by atoms with Crippen LogP contribution < -0.4 is 0 Å². The average molecular weight is 677 g/mol. The second-order valence-electron chi connectivity index (χ2n) is 15.0. The van der Waals surface area contributed by atoms with E-state index in [4.69, 9.17) is 0 Å². The molecule has 250 valence electrons. The van der Waals surface area contributed by atoms with E-state index in [-0.39, 0.29) is 5.41 Å². The van der Waals surface area contributed by atoms with Crippen LogP contribution in [0.15, 0.2) is 182 Å². The van der Waals surface area contributed by atoms with Crippen molar-refractivity contribution in [1.82, 2.24) is 9.13 Å². The van der Waals surface area contributed by atoms with Gasteiger partial charge in [-0.2, -0.15) is 0 Å². The van der Waals surface area contributed by atoms with Gasteiger partial charge in [-0.25, -0.2) is 0 Å². The first kappa shape index (κ1) is 30.0. The van der Waals surface area contributed by atoms with E-state index in [1.165, 1.54) is 93.8 Å². The van der Waals surface area contributed by atoms with Gasteiger partial charge in [-0.1, -0.05) is 141 Å². The molecule has 2 nitrogen and oxygen atoms in total. The lowest BCUT2D eigenvalue weighted by Gasteiger charge is -2.22. The number of fused-ring (bicyclic) bond motifs is 9. The van der Waals surface area contributed by atoms with Crippen LogP contribution in [-0.2, 0) is 5.41 Å². The maximum absolute atomic E-state index is 2.48. The normalized spacial score (nSPS) is 13.2. The minimum absolute atomic E-state index is 0.0740. The zero-order valence-electron chi connectivity index (χ0n) is 29.7. The number of benzene rings is 8. The van der Waals surface area contributed by atoms with Crippen LogP contribution >= 0.6 is 0 Å². The Balaban J connectivity index is 1.11. The molecule has 0 saturated heterocycles. The highest BCUT2D eigenvalue weighted by Gasteiger charge is 2.35. The van der Waals surface area contributed by atoms with Crippen LogP contribution in [0.5, 0.6) is 0 Å². The second-order valence-corrected chi connectivity index (χ2v) is 15.0. The van der Waals surface area contributed by atoms with Gasteiger partial charge < -0.3 is 9.13 Å². The molecular formula is C51H36N2. The quantitative estimate of drug-likeness (QED) is 0.176. The van der Waals surface area contributed by atoms with E-state index in [1.54, 1.807) is 0 Å². The fourth-order valence-electron chi connectivity index (χ4n) is 9.13. The smallest absolute Gasteiger partial charge is 0.0562 e. The summed E-state index contributed by atoms with van der Waals surface area (Å²) in [7, 11) is 0. The molecule has 2 aromatic heterocycles. The van der Waals surface area contributed by atoms with Gasteiger partial charge in [0.15, 0.2) is 0 Å². The van der Waals surface area contributed by atoms with Gasteiger partial charge in [0.2, 0.25) is 0 Å². The fraction of sp³-hybridized carbons (Fsp3) is 0.0588. The summed E-state index contributed by atoms with van der Waals surface area (Å²) >= 11 is 0. The molecule has 0 fully saturated rings. The van der Waals surface area contributed by atoms with Crippen molar-refractivity contribution < 1.29 is 0 Å². The molecule has 2 heterocycles. The van der Waals surface area contributed by atoms with Crippen molar-refractivity contribution in [1.29, 1.82) is 0 Å². The second kappa shape index (κ2) is 11.2. The molecule has 0 amide bonds. The lowest BCUT2D eigenvalue weighted by Crippen LogP contribution is -2.15. The van der Waals surface area contributed by atoms with Gasteiger partial charge >= 0.3 is 0 Å². The number of aromatic nitrogens is 2. The van der Waals surface area contributed by atoms with Gasteiger partial charge in [-0.3, -0.25) is 0 Å². The molecule has 53 heavy (non-hydrogen) atoms. The van der Waals surface area contributed by atoms with Crippen LogP contribution in [0.4, 0.5) is 0 Å². The standard InChI is InChI=1S/C51H36N2/c1-51(2)45-20-9-6-17-39(45)40-28-27-38(30-46(40)51)53-48-22-11-8-19-42(48)44-31-43-41-18-7-10-21-47(41)52(49(43)32-50(44)53)37-25-23-34(24-26-37)36-16-12-15-35(29-36)33-13-4-3-5-14-33/h3-32H,1-2H3. The van der Waals surface area contributed by atoms with Crippen LogP contribution in [-0.4, -0.2) is 9.13 Å². The third-order valence-corrected chi connectivity index (χ3v) is 11.7. The highest BCUT2D eigenvalue weighted by atomic mass is 15.0. The largest absolute Gasteiger partial charge is 0.309 e. The Kier molecular flexibility index (Phi) is 6.33. The third kappa shape index (κ3) is 4.39. The average Bonchev–Trinajstić information content (AvgIpc) is 3.80. The summed E-state index contributed by atoms with van der Waals surface area (Å²) in [5.41, 5.74) is 17.5. The number of nitrogens with zero attached hydrogens (tertiary/aromatic N) is 2. The van der Waals surface area contributed by atoms with Gasteiger partial charge in [-0.15, -0.1) is 0 Å². The first-order valence-electron chi connectivity index (χ1n) is 18.5. The molecule has 0 radical (unpaired) electrons. The highest BCUT2D eigenvalue weighted by molar-refractivity contribution is 6.19. The number of para-hydroxylation sites is 2. The van der Waals surface area contributed by atoms with Crippen molar-refractivity contribution in [2.24, 2.45) is 0 Å². The molecule has 0 spiro atoms. The number of hydrogen-bond acceptors (Lipinski definition) is 0. The molecule has 2 heteroatoms. The molecule has 0 bridgehead atoms. The summed E-state index contributed by atoms with van der Waals surface area (Å²) in [6.45, 7) is 4.72. The monoisotopic (exact) mass is 676 g/mol. The van der Waals surface area contributed by atoms with Crippen molar-refractivity contribution in [2.45, 2.75) is 19.3 Å².